The molecule has 0 amide bonds. The highest BCUT2D eigenvalue weighted by Gasteiger charge is 1.96. The molecule has 2 N–H and O–H groups in total. The Labute approximate surface area is 99.9 Å². The van der Waals surface area contributed by atoms with Gasteiger partial charge in [0, 0.05) is 17.1 Å². The number of anilines is 1. The molecule has 1 atom stereocenters. The lowest BCUT2D eigenvalue weighted by Crippen LogP contribution is -2.05. The number of nitrogens with two attached hydrogens (primary N) is 1. The van der Waals surface area contributed by atoms with Crippen LogP contribution in [0.1, 0.15) is 18.9 Å². The van der Waals surface area contributed by atoms with Crippen molar-refractivity contribution in [2.45, 2.75) is 24.6 Å². The average Bonchev–Trinajstić information content (AvgIpc) is 2.20. The Morgan fingerprint density at radius 2 is 2.00 bits per heavy atom. The number of hydrogen-bond acceptors (Lipinski definition) is 2. The minimum Gasteiger partial charge on any atom is -0.399 e. The summed E-state index contributed by atoms with van der Waals surface area (Å²) in [5.74, 6) is 0. The van der Waals surface area contributed by atoms with Crippen molar-refractivity contribution in [3.63, 3.8) is 0 Å². The van der Waals surface area contributed by atoms with Gasteiger partial charge in [-0.1, -0.05) is 35.0 Å². The molecule has 0 aliphatic heterocycles. The van der Waals surface area contributed by atoms with E-state index in [1.165, 1.54) is 5.56 Å². The van der Waals surface area contributed by atoms with E-state index in [2.05, 4.69) is 35.0 Å². The fourth-order valence-corrected chi connectivity index (χ4v) is 1.50. The van der Waals surface area contributed by atoms with E-state index >= 15 is 0 Å². The number of rotatable bonds is 6. The van der Waals surface area contributed by atoms with Crippen molar-refractivity contribution in [2.75, 3.05) is 18.9 Å². The molecule has 1 aromatic rings. The van der Waals surface area contributed by atoms with E-state index in [4.69, 9.17) is 10.5 Å². The third-order valence-corrected chi connectivity index (χ3v) is 2.35. The molecule has 84 valence electrons. The van der Waals surface area contributed by atoms with Crippen molar-refractivity contribution in [3.8, 4) is 0 Å². The molecule has 2 nitrogen and oxygen atoms in total. The molecule has 0 aliphatic rings. The zero-order valence-electron chi connectivity index (χ0n) is 9.08. The first kappa shape index (κ1) is 12.5. The van der Waals surface area contributed by atoms with Crippen LogP contribution in [0.2, 0.25) is 0 Å². The van der Waals surface area contributed by atoms with Gasteiger partial charge in [0.2, 0.25) is 0 Å². The van der Waals surface area contributed by atoms with Gasteiger partial charge < -0.3 is 10.5 Å². The Kier molecular flexibility index (Phi) is 5.73. The van der Waals surface area contributed by atoms with Crippen LogP contribution in [0.15, 0.2) is 24.3 Å². The predicted octanol–water partition coefficient (Wildman–Crippen LogP) is 3.00. The predicted molar refractivity (Wildman–Crippen MR) is 68.4 cm³/mol. The van der Waals surface area contributed by atoms with E-state index in [0.717, 1.165) is 31.7 Å². The summed E-state index contributed by atoms with van der Waals surface area (Å²) in [7, 11) is 0. The molecule has 1 aromatic carbocycles. The lowest BCUT2D eigenvalue weighted by atomic mass is 10.1. The van der Waals surface area contributed by atoms with Gasteiger partial charge in [-0.15, -0.1) is 0 Å². The molecule has 0 fully saturated rings. The van der Waals surface area contributed by atoms with Gasteiger partial charge in [0.1, 0.15) is 0 Å². The van der Waals surface area contributed by atoms with E-state index in [1.807, 2.05) is 12.1 Å². The number of alkyl halides is 1. The normalized spacial score (nSPS) is 12.7. The molecule has 0 aromatic heterocycles. The highest BCUT2D eigenvalue weighted by Crippen LogP contribution is 2.07. The van der Waals surface area contributed by atoms with E-state index in [1.54, 1.807) is 0 Å². The molecule has 15 heavy (non-hydrogen) atoms. The first-order valence-corrected chi connectivity index (χ1v) is 6.16. The second-order valence-electron chi connectivity index (χ2n) is 3.70. The highest BCUT2D eigenvalue weighted by atomic mass is 79.9. The Hall–Kier alpha value is -0.540. The van der Waals surface area contributed by atoms with Crippen molar-refractivity contribution in [1.29, 1.82) is 0 Å². The Balaban J connectivity index is 2.12. The average molecular weight is 272 g/mol. The van der Waals surface area contributed by atoms with Gasteiger partial charge in [0.05, 0.1) is 6.61 Å². The van der Waals surface area contributed by atoms with Crippen LogP contribution in [0, 0.1) is 0 Å². The maximum Gasteiger partial charge on any atom is 0.0588 e. The first-order chi connectivity index (χ1) is 7.18. The lowest BCUT2D eigenvalue weighted by Gasteiger charge is -2.05. The van der Waals surface area contributed by atoms with Gasteiger partial charge in [0.25, 0.3) is 0 Å². The van der Waals surface area contributed by atoms with E-state index in [-0.39, 0.29) is 0 Å². The van der Waals surface area contributed by atoms with Crippen molar-refractivity contribution >= 4 is 21.6 Å². The molecule has 0 bridgehead atoms. The summed E-state index contributed by atoms with van der Waals surface area (Å²) in [6, 6.07) is 8.03. The second kappa shape index (κ2) is 6.85. The van der Waals surface area contributed by atoms with E-state index in [0.29, 0.717) is 4.83 Å². The van der Waals surface area contributed by atoms with Gasteiger partial charge in [-0.25, -0.2) is 0 Å². The Bertz CT molecular complexity index is 271. The molecule has 0 saturated carbocycles. The number of ether oxygens (including phenoxy) is 1. The van der Waals surface area contributed by atoms with Gasteiger partial charge in [-0.05, 0) is 30.5 Å². The van der Waals surface area contributed by atoms with Crippen LogP contribution in [0.25, 0.3) is 0 Å². The SMILES string of the molecule is CC(Br)COCCCc1ccc(N)cc1. The molecule has 0 aliphatic carbocycles. The summed E-state index contributed by atoms with van der Waals surface area (Å²) in [6.45, 7) is 3.68. The quantitative estimate of drug-likeness (QED) is 0.491. The molecule has 0 heterocycles. The minimum absolute atomic E-state index is 0.439. The summed E-state index contributed by atoms with van der Waals surface area (Å²) in [6.07, 6.45) is 2.11. The molecule has 1 unspecified atom stereocenters. The highest BCUT2D eigenvalue weighted by molar-refractivity contribution is 9.09. The van der Waals surface area contributed by atoms with Crippen LogP contribution in [0.5, 0.6) is 0 Å². The maximum absolute atomic E-state index is 5.61. The molecular weight excluding hydrogens is 254 g/mol. The number of halogens is 1. The van der Waals surface area contributed by atoms with Crippen LogP contribution >= 0.6 is 15.9 Å². The van der Waals surface area contributed by atoms with Crippen LogP contribution in [-0.4, -0.2) is 18.0 Å². The molecule has 3 heteroatoms. The number of nitrogen functional groups attached to an aromatic ring is 1. The number of hydrogen-bond donors (Lipinski definition) is 1. The molecule has 1 rings (SSSR count). The molecular formula is C12H18BrNO. The zero-order valence-corrected chi connectivity index (χ0v) is 10.7. The molecule has 0 radical (unpaired) electrons. The number of benzene rings is 1. The fraction of sp³-hybridized carbons (Fsp3) is 0.500. The maximum atomic E-state index is 5.61. The molecule has 0 spiro atoms. The van der Waals surface area contributed by atoms with Gasteiger partial charge in [-0.2, -0.15) is 0 Å². The minimum atomic E-state index is 0.439. The smallest absolute Gasteiger partial charge is 0.0588 e. The van der Waals surface area contributed by atoms with Gasteiger partial charge in [0.15, 0.2) is 0 Å². The summed E-state index contributed by atoms with van der Waals surface area (Å²) in [5, 5.41) is 0. The third-order valence-electron chi connectivity index (χ3n) is 2.08. The van der Waals surface area contributed by atoms with Crippen molar-refractivity contribution < 1.29 is 4.74 Å². The summed E-state index contributed by atoms with van der Waals surface area (Å²) >= 11 is 3.44. The third kappa shape index (κ3) is 5.80. The first-order valence-electron chi connectivity index (χ1n) is 5.24. The van der Waals surface area contributed by atoms with Gasteiger partial charge >= 0.3 is 0 Å². The fourth-order valence-electron chi connectivity index (χ4n) is 1.31. The monoisotopic (exact) mass is 271 g/mol. The van der Waals surface area contributed by atoms with Crippen LogP contribution in [-0.2, 0) is 11.2 Å². The Morgan fingerprint density at radius 3 is 2.60 bits per heavy atom. The topological polar surface area (TPSA) is 35.2 Å². The standard InChI is InChI=1S/C12H18BrNO/c1-10(13)9-15-8-2-3-11-4-6-12(14)7-5-11/h4-7,10H,2-3,8-9,14H2,1H3. The molecule has 0 saturated heterocycles. The number of aryl methyl sites for hydroxylation is 1. The van der Waals surface area contributed by atoms with Crippen molar-refractivity contribution in [3.05, 3.63) is 29.8 Å². The van der Waals surface area contributed by atoms with Crippen LogP contribution in [0.4, 0.5) is 5.69 Å². The van der Waals surface area contributed by atoms with Crippen molar-refractivity contribution in [2.24, 2.45) is 0 Å². The lowest BCUT2D eigenvalue weighted by molar-refractivity contribution is 0.136. The summed E-state index contributed by atoms with van der Waals surface area (Å²) < 4.78 is 5.47. The Morgan fingerprint density at radius 1 is 1.33 bits per heavy atom. The van der Waals surface area contributed by atoms with Crippen molar-refractivity contribution in [1.82, 2.24) is 0 Å². The second-order valence-corrected chi connectivity index (χ2v) is 5.26. The van der Waals surface area contributed by atoms with Crippen LogP contribution < -0.4 is 5.73 Å². The summed E-state index contributed by atoms with van der Waals surface area (Å²) in [4.78, 5) is 0.439. The van der Waals surface area contributed by atoms with E-state index < -0.39 is 0 Å². The van der Waals surface area contributed by atoms with Gasteiger partial charge in [-0.3, -0.25) is 0 Å². The van der Waals surface area contributed by atoms with Crippen LogP contribution in [0.3, 0.4) is 0 Å². The largest absolute Gasteiger partial charge is 0.399 e. The zero-order chi connectivity index (χ0) is 11.1. The summed E-state index contributed by atoms with van der Waals surface area (Å²) in [5.41, 5.74) is 7.75. The van der Waals surface area contributed by atoms with E-state index in [9.17, 15) is 0 Å².